The maximum Gasteiger partial charge on any atom is 0.270 e. The molecule has 1 unspecified atom stereocenters. The lowest BCUT2D eigenvalue weighted by molar-refractivity contribution is 0.0926. The SMILES string of the molecule is CCCC(NC(=O)c1c(-c2ccc(OCC)cc2)nc(-c2ccccc2)n1CC)c1ccccc1. The molecule has 1 amide bonds. The fraction of sp³-hybridized carbons (Fsp3) is 0.267. The van der Waals surface area contributed by atoms with E-state index in [2.05, 4.69) is 24.4 Å². The summed E-state index contributed by atoms with van der Waals surface area (Å²) >= 11 is 0. The van der Waals surface area contributed by atoms with Gasteiger partial charge >= 0.3 is 0 Å². The van der Waals surface area contributed by atoms with Gasteiger partial charge in [-0.05, 0) is 50.1 Å². The highest BCUT2D eigenvalue weighted by Crippen LogP contribution is 2.31. The summed E-state index contributed by atoms with van der Waals surface area (Å²) in [7, 11) is 0. The summed E-state index contributed by atoms with van der Waals surface area (Å²) < 4.78 is 7.64. The third-order valence-corrected chi connectivity index (χ3v) is 6.05. The zero-order chi connectivity index (χ0) is 24.6. The molecule has 5 heteroatoms. The van der Waals surface area contributed by atoms with Crippen molar-refractivity contribution >= 4 is 5.91 Å². The van der Waals surface area contributed by atoms with Crippen molar-refractivity contribution in [3.63, 3.8) is 0 Å². The Balaban J connectivity index is 1.80. The second kappa shape index (κ2) is 11.5. The molecular formula is C30H33N3O2. The van der Waals surface area contributed by atoms with Crippen molar-refractivity contribution < 1.29 is 9.53 Å². The molecule has 0 aliphatic carbocycles. The number of nitrogens with one attached hydrogen (secondary N) is 1. The van der Waals surface area contributed by atoms with Crippen molar-refractivity contribution in [1.29, 1.82) is 0 Å². The molecule has 0 saturated heterocycles. The molecule has 0 saturated carbocycles. The van der Waals surface area contributed by atoms with Crippen molar-refractivity contribution in [3.05, 3.63) is 96.2 Å². The summed E-state index contributed by atoms with van der Waals surface area (Å²) in [4.78, 5) is 18.9. The minimum atomic E-state index is -0.118. The molecule has 1 aromatic heterocycles. The van der Waals surface area contributed by atoms with E-state index in [0.29, 0.717) is 24.5 Å². The molecule has 4 rings (SSSR count). The molecule has 1 heterocycles. The highest BCUT2D eigenvalue weighted by molar-refractivity contribution is 5.99. The van der Waals surface area contributed by atoms with Crippen LogP contribution in [0.25, 0.3) is 22.6 Å². The Kier molecular flexibility index (Phi) is 7.99. The van der Waals surface area contributed by atoms with Gasteiger partial charge in [0, 0.05) is 17.7 Å². The number of ether oxygens (including phenoxy) is 1. The summed E-state index contributed by atoms with van der Waals surface area (Å²) in [5.41, 5.74) is 4.22. The Morgan fingerprint density at radius 1 is 0.886 bits per heavy atom. The van der Waals surface area contributed by atoms with Crippen LogP contribution in [0.5, 0.6) is 5.75 Å². The quantitative estimate of drug-likeness (QED) is 0.276. The van der Waals surface area contributed by atoms with Gasteiger partial charge in [-0.1, -0.05) is 74.0 Å². The fourth-order valence-electron chi connectivity index (χ4n) is 4.40. The maximum absolute atomic E-state index is 13.9. The normalized spacial score (nSPS) is 11.7. The Morgan fingerprint density at radius 2 is 1.54 bits per heavy atom. The number of aromatic nitrogens is 2. The number of rotatable bonds is 10. The zero-order valence-corrected chi connectivity index (χ0v) is 20.7. The molecule has 180 valence electrons. The van der Waals surface area contributed by atoms with Crippen LogP contribution in [0.4, 0.5) is 0 Å². The van der Waals surface area contributed by atoms with E-state index >= 15 is 0 Å². The molecule has 35 heavy (non-hydrogen) atoms. The van der Waals surface area contributed by atoms with Gasteiger partial charge in [0.1, 0.15) is 23.0 Å². The lowest BCUT2D eigenvalue weighted by atomic mass is 10.0. The van der Waals surface area contributed by atoms with E-state index in [1.165, 1.54) is 0 Å². The van der Waals surface area contributed by atoms with Crippen molar-refractivity contribution in [3.8, 4) is 28.4 Å². The molecule has 1 atom stereocenters. The second-order valence-electron chi connectivity index (χ2n) is 8.43. The van der Waals surface area contributed by atoms with Crippen LogP contribution < -0.4 is 10.1 Å². The van der Waals surface area contributed by atoms with Crippen LogP contribution in [0.3, 0.4) is 0 Å². The molecule has 4 aromatic rings. The first-order valence-electron chi connectivity index (χ1n) is 12.4. The average molecular weight is 468 g/mol. The highest BCUT2D eigenvalue weighted by atomic mass is 16.5. The van der Waals surface area contributed by atoms with Crippen LogP contribution in [0.15, 0.2) is 84.9 Å². The number of carbonyl (C=O) groups is 1. The molecule has 0 spiro atoms. The summed E-state index contributed by atoms with van der Waals surface area (Å²) in [5, 5.41) is 3.31. The molecule has 0 aliphatic heterocycles. The Labute approximate surface area is 207 Å². The van der Waals surface area contributed by atoms with Crippen LogP contribution in [0.2, 0.25) is 0 Å². The monoisotopic (exact) mass is 467 g/mol. The third kappa shape index (κ3) is 5.46. The van der Waals surface area contributed by atoms with E-state index in [1.54, 1.807) is 0 Å². The molecule has 0 bridgehead atoms. The fourth-order valence-corrected chi connectivity index (χ4v) is 4.40. The topological polar surface area (TPSA) is 56.1 Å². The number of carbonyl (C=O) groups excluding carboxylic acids is 1. The van der Waals surface area contributed by atoms with Crippen LogP contribution in [0, 0.1) is 0 Å². The molecular weight excluding hydrogens is 434 g/mol. The molecule has 5 nitrogen and oxygen atoms in total. The summed E-state index contributed by atoms with van der Waals surface area (Å²) in [6.07, 6.45) is 1.83. The van der Waals surface area contributed by atoms with Gasteiger partial charge < -0.3 is 14.6 Å². The number of hydrogen-bond donors (Lipinski definition) is 1. The first-order chi connectivity index (χ1) is 17.2. The van der Waals surface area contributed by atoms with Gasteiger partial charge in [-0.2, -0.15) is 0 Å². The lowest BCUT2D eigenvalue weighted by Gasteiger charge is -2.20. The summed E-state index contributed by atoms with van der Waals surface area (Å²) in [6, 6.07) is 27.9. The number of benzene rings is 3. The Hall–Kier alpha value is -3.86. The molecule has 0 aliphatic rings. The first-order valence-corrected chi connectivity index (χ1v) is 12.4. The summed E-state index contributed by atoms with van der Waals surface area (Å²) in [5.74, 6) is 1.47. The smallest absolute Gasteiger partial charge is 0.270 e. The van der Waals surface area contributed by atoms with E-state index in [1.807, 2.05) is 91.2 Å². The molecule has 3 aromatic carbocycles. The minimum absolute atomic E-state index is 0.0674. The van der Waals surface area contributed by atoms with Crippen molar-refractivity contribution in [1.82, 2.24) is 14.9 Å². The predicted octanol–water partition coefficient (Wildman–Crippen LogP) is 6.91. The summed E-state index contributed by atoms with van der Waals surface area (Å²) in [6.45, 7) is 7.38. The average Bonchev–Trinajstić information content (AvgIpc) is 3.30. The Bertz CT molecular complexity index is 1230. The maximum atomic E-state index is 13.9. The van der Waals surface area contributed by atoms with Gasteiger partial charge in [0.15, 0.2) is 0 Å². The van der Waals surface area contributed by atoms with Crippen molar-refractivity contribution in [2.45, 2.75) is 46.2 Å². The van der Waals surface area contributed by atoms with Gasteiger partial charge in [0.05, 0.1) is 12.6 Å². The van der Waals surface area contributed by atoms with Crippen LogP contribution in [-0.2, 0) is 6.54 Å². The highest BCUT2D eigenvalue weighted by Gasteiger charge is 2.26. The minimum Gasteiger partial charge on any atom is -0.494 e. The van der Waals surface area contributed by atoms with Gasteiger partial charge in [-0.25, -0.2) is 4.98 Å². The van der Waals surface area contributed by atoms with Crippen molar-refractivity contribution in [2.75, 3.05) is 6.61 Å². The largest absolute Gasteiger partial charge is 0.494 e. The van der Waals surface area contributed by atoms with E-state index in [-0.39, 0.29) is 11.9 Å². The van der Waals surface area contributed by atoms with Gasteiger partial charge in [0.2, 0.25) is 0 Å². The lowest BCUT2D eigenvalue weighted by Crippen LogP contribution is -2.30. The predicted molar refractivity (Wildman–Crippen MR) is 141 cm³/mol. The standard InChI is InChI=1S/C30H33N3O2/c1-4-13-26(22-14-9-7-10-15-22)31-30(34)28-27(23-18-20-25(21-19-23)35-6-3)32-29(33(28)5-2)24-16-11-8-12-17-24/h7-12,14-21,26H,4-6,13H2,1-3H3,(H,31,34). The van der Waals surface area contributed by atoms with E-state index < -0.39 is 0 Å². The third-order valence-electron chi connectivity index (χ3n) is 6.05. The zero-order valence-electron chi connectivity index (χ0n) is 20.7. The molecule has 0 fully saturated rings. The number of nitrogens with zero attached hydrogens (tertiary/aromatic N) is 2. The Morgan fingerprint density at radius 3 is 2.14 bits per heavy atom. The van der Waals surface area contributed by atoms with Crippen LogP contribution >= 0.6 is 0 Å². The van der Waals surface area contributed by atoms with E-state index in [4.69, 9.17) is 9.72 Å². The number of hydrogen-bond acceptors (Lipinski definition) is 3. The van der Waals surface area contributed by atoms with E-state index in [9.17, 15) is 4.79 Å². The number of amides is 1. The van der Waals surface area contributed by atoms with Gasteiger partial charge in [-0.3, -0.25) is 4.79 Å². The van der Waals surface area contributed by atoms with E-state index in [0.717, 1.165) is 41.1 Å². The van der Waals surface area contributed by atoms with Gasteiger partial charge in [0.25, 0.3) is 5.91 Å². The first kappa shape index (κ1) is 24.3. The van der Waals surface area contributed by atoms with Gasteiger partial charge in [-0.15, -0.1) is 0 Å². The van der Waals surface area contributed by atoms with Crippen LogP contribution in [0.1, 0.15) is 55.7 Å². The van der Waals surface area contributed by atoms with Crippen LogP contribution in [-0.4, -0.2) is 22.1 Å². The number of imidazole rings is 1. The molecule has 1 N–H and O–H groups in total. The molecule has 0 radical (unpaired) electrons. The second-order valence-corrected chi connectivity index (χ2v) is 8.43. The van der Waals surface area contributed by atoms with Crippen molar-refractivity contribution in [2.24, 2.45) is 0 Å².